The van der Waals surface area contributed by atoms with Gasteiger partial charge in [0.25, 0.3) is 5.91 Å². The summed E-state index contributed by atoms with van der Waals surface area (Å²) in [6, 6.07) is 18.0. The van der Waals surface area contributed by atoms with E-state index in [1.165, 1.54) is 34.1 Å². The second-order valence-corrected chi connectivity index (χ2v) is 8.98. The lowest BCUT2D eigenvalue weighted by atomic mass is 9.95. The third-order valence-corrected chi connectivity index (χ3v) is 6.61. The maximum atomic E-state index is 14.0. The monoisotopic (exact) mass is 511 g/mol. The first-order valence-electron chi connectivity index (χ1n) is 12.2. The van der Waals surface area contributed by atoms with E-state index in [-0.39, 0.29) is 31.4 Å². The summed E-state index contributed by atoms with van der Waals surface area (Å²) in [4.78, 5) is 47.9. The molecule has 4 amide bonds. The fourth-order valence-electron chi connectivity index (χ4n) is 4.83. The molecule has 0 fully saturated rings. The first kappa shape index (κ1) is 24.9. The van der Waals surface area contributed by atoms with Gasteiger partial charge in [0.2, 0.25) is 5.91 Å². The molecule has 2 atom stereocenters. The number of halogens is 1. The van der Waals surface area contributed by atoms with Crippen molar-refractivity contribution in [3.8, 4) is 0 Å². The Morgan fingerprint density at radius 2 is 1.84 bits per heavy atom. The Balaban J connectivity index is 1.51. The number of rotatable bonds is 8. The molecule has 9 heteroatoms. The molecular formula is C29H26FN5O3. The van der Waals surface area contributed by atoms with E-state index >= 15 is 0 Å². The van der Waals surface area contributed by atoms with E-state index in [0.29, 0.717) is 28.1 Å². The van der Waals surface area contributed by atoms with E-state index in [1.807, 2.05) is 12.1 Å². The lowest BCUT2D eigenvalue weighted by Crippen LogP contribution is -2.47. The number of nitrogens with zero attached hydrogens (tertiary/aromatic N) is 3. The lowest BCUT2D eigenvalue weighted by Gasteiger charge is -2.33. The quantitative estimate of drug-likeness (QED) is 0.452. The molecular weight excluding hydrogens is 485 g/mol. The second kappa shape index (κ2) is 10.7. The molecule has 8 nitrogen and oxygen atoms in total. The minimum absolute atomic E-state index is 0.0453. The molecule has 0 bridgehead atoms. The van der Waals surface area contributed by atoms with Gasteiger partial charge in [-0.25, -0.2) is 9.18 Å². The molecule has 0 unspecified atom stereocenters. The second-order valence-electron chi connectivity index (χ2n) is 8.98. The van der Waals surface area contributed by atoms with Crippen molar-refractivity contribution in [2.45, 2.75) is 18.6 Å². The van der Waals surface area contributed by atoms with Crippen LogP contribution >= 0.6 is 0 Å². The summed E-state index contributed by atoms with van der Waals surface area (Å²) in [5.74, 6) is -1.18. The van der Waals surface area contributed by atoms with Gasteiger partial charge in [0, 0.05) is 12.7 Å². The van der Waals surface area contributed by atoms with Crippen molar-refractivity contribution in [2.75, 3.05) is 13.1 Å². The molecule has 2 N–H and O–H groups in total. The number of carbonyl (C=O) groups excluding carboxylic acids is 3. The number of aromatic nitrogens is 1. The average Bonchev–Trinajstić information content (AvgIpc) is 3.27. The van der Waals surface area contributed by atoms with Crippen molar-refractivity contribution in [1.82, 2.24) is 25.4 Å². The summed E-state index contributed by atoms with van der Waals surface area (Å²) in [5, 5.41) is 5.77. The number of pyridine rings is 1. The van der Waals surface area contributed by atoms with Gasteiger partial charge in [-0.2, -0.15) is 0 Å². The van der Waals surface area contributed by atoms with Crippen molar-refractivity contribution in [1.29, 1.82) is 0 Å². The van der Waals surface area contributed by atoms with Gasteiger partial charge in [0.05, 0.1) is 36.1 Å². The Bertz CT molecular complexity index is 1390. The van der Waals surface area contributed by atoms with Crippen LogP contribution in [0.1, 0.15) is 28.9 Å². The largest absolute Gasteiger partial charge is 0.348 e. The molecule has 38 heavy (non-hydrogen) atoms. The fraction of sp³-hybridized carbons (Fsp3) is 0.172. The zero-order valence-corrected chi connectivity index (χ0v) is 20.5. The molecule has 192 valence electrons. The van der Waals surface area contributed by atoms with Gasteiger partial charge >= 0.3 is 6.03 Å². The number of urea groups is 1. The SMILES string of the molecule is C=CCN1C(=O)N[C@H](c2ccc(F)cc2)C2=C1CN([C@H](C(=O)NCc1ccccn1)c1ccccc1)C2=O. The first-order valence-corrected chi connectivity index (χ1v) is 12.2. The number of amides is 4. The van der Waals surface area contributed by atoms with Crippen molar-refractivity contribution >= 4 is 17.8 Å². The van der Waals surface area contributed by atoms with Crippen LogP contribution in [0.15, 0.2) is 103 Å². The summed E-state index contributed by atoms with van der Waals surface area (Å²) in [7, 11) is 0. The molecule has 0 saturated heterocycles. The summed E-state index contributed by atoms with van der Waals surface area (Å²) in [6.07, 6.45) is 3.22. The maximum Gasteiger partial charge on any atom is 0.322 e. The van der Waals surface area contributed by atoms with Crippen molar-refractivity contribution in [3.05, 3.63) is 126 Å². The predicted octanol–water partition coefficient (Wildman–Crippen LogP) is 3.63. The molecule has 5 rings (SSSR count). The van der Waals surface area contributed by atoms with E-state index in [9.17, 15) is 18.8 Å². The van der Waals surface area contributed by atoms with E-state index in [1.54, 1.807) is 48.7 Å². The minimum atomic E-state index is -0.951. The number of hydrogen-bond acceptors (Lipinski definition) is 4. The van der Waals surface area contributed by atoms with Crippen LogP contribution in [0, 0.1) is 5.82 Å². The summed E-state index contributed by atoms with van der Waals surface area (Å²) in [6.45, 7) is 4.16. The zero-order valence-electron chi connectivity index (χ0n) is 20.5. The Morgan fingerprint density at radius 1 is 1.11 bits per heavy atom. The van der Waals surface area contributed by atoms with E-state index in [2.05, 4.69) is 22.2 Å². The smallest absolute Gasteiger partial charge is 0.322 e. The molecule has 3 aromatic rings. The van der Waals surface area contributed by atoms with Crippen LogP contribution in [0.5, 0.6) is 0 Å². The summed E-state index contributed by atoms with van der Waals surface area (Å²) < 4.78 is 13.6. The van der Waals surface area contributed by atoms with Gasteiger partial charge in [-0.15, -0.1) is 6.58 Å². The van der Waals surface area contributed by atoms with Crippen molar-refractivity contribution < 1.29 is 18.8 Å². The first-order chi connectivity index (χ1) is 18.5. The molecule has 2 aromatic carbocycles. The van der Waals surface area contributed by atoms with Gasteiger partial charge in [0.1, 0.15) is 11.9 Å². The minimum Gasteiger partial charge on any atom is -0.348 e. The lowest BCUT2D eigenvalue weighted by molar-refractivity contribution is -0.136. The van der Waals surface area contributed by atoms with E-state index in [0.717, 1.165) is 0 Å². The Hall–Kier alpha value is -4.79. The molecule has 3 heterocycles. The van der Waals surface area contributed by atoms with Crippen LogP contribution < -0.4 is 10.6 Å². The summed E-state index contributed by atoms with van der Waals surface area (Å²) in [5.41, 5.74) is 2.72. The highest BCUT2D eigenvalue weighted by molar-refractivity contribution is 6.03. The van der Waals surface area contributed by atoms with Gasteiger partial charge in [-0.3, -0.25) is 19.5 Å². The predicted molar refractivity (Wildman–Crippen MR) is 139 cm³/mol. The number of carbonyl (C=O) groups is 3. The van der Waals surface area contributed by atoms with Crippen LogP contribution in [0.2, 0.25) is 0 Å². The zero-order chi connectivity index (χ0) is 26.6. The Morgan fingerprint density at radius 3 is 2.53 bits per heavy atom. The standard InChI is InChI=1S/C29H26FN5O3/c1-2-16-34-23-18-35(28(37)24(23)25(33-29(34)38)19-11-13-21(30)14-12-19)26(20-8-4-3-5-9-20)27(36)32-17-22-10-6-7-15-31-22/h2-15,25-26H,1,16-18H2,(H,32,36)(H,33,38)/t25-,26+/m1/s1. The van der Waals surface area contributed by atoms with Gasteiger partial charge in [-0.05, 0) is 35.4 Å². The van der Waals surface area contributed by atoms with Crippen LogP contribution in [0.3, 0.4) is 0 Å². The number of nitrogens with one attached hydrogen (secondary N) is 2. The summed E-state index contributed by atoms with van der Waals surface area (Å²) >= 11 is 0. The normalized spacial score (nSPS) is 17.7. The van der Waals surface area contributed by atoms with Crippen LogP contribution in [0.25, 0.3) is 0 Å². The van der Waals surface area contributed by atoms with E-state index < -0.39 is 23.9 Å². The third kappa shape index (κ3) is 4.78. The Labute approximate surface area is 219 Å². The highest BCUT2D eigenvalue weighted by Gasteiger charge is 2.47. The average molecular weight is 512 g/mol. The van der Waals surface area contributed by atoms with Crippen LogP contribution in [0.4, 0.5) is 9.18 Å². The van der Waals surface area contributed by atoms with Crippen molar-refractivity contribution in [3.63, 3.8) is 0 Å². The topological polar surface area (TPSA) is 94.6 Å². The maximum absolute atomic E-state index is 14.0. The third-order valence-electron chi connectivity index (χ3n) is 6.61. The van der Waals surface area contributed by atoms with Crippen LogP contribution in [-0.4, -0.2) is 45.7 Å². The molecule has 0 radical (unpaired) electrons. The van der Waals surface area contributed by atoms with Gasteiger partial charge in [0.15, 0.2) is 0 Å². The molecule has 0 aliphatic carbocycles. The molecule has 2 aliphatic heterocycles. The van der Waals surface area contributed by atoms with E-state index in [4.69, 9.17) is 0 Å². The highest BCUT2D eigenvalue weighted by atomic mass is 19.1. The number of hydrogen-bond donors (Lipinski definition) is 2. The molecule has 0 spiro atoms. The highest BCUT2D eigenvalue weighted by Crippen LogP contribution is 2.39. The van der Waals surface area contributed by atoms with Crippen LogP contribution in [-0.2, 0) is 16.1 Å². The molecule has 0 saturated carbocycles. The molecule has 1 aromatic heterocycles. The van der Waals surface area contributed by atoms with Gasteiger partial charge < -0.3 is 15.5 Å². The Kier molecular flexibility index (Phi) is 6.99. The fourth-order valence-corrected chi connectivity index (χ4v) is 4.83. The van der Waals surface area contributed by atoms with Crippen molar-refractivity contribution in [2.24, 2.45) is 0 Å². The number of benzene rings is 2. The molecule has 2 aliphatic rings. The van der Waals surface area contributed by atoms with Gasteiger partial charge in [-0.1, -0.05) is 54.6 Å².